The topological polar surface area (TPSA) is 49.9 Å². The van der Waals surface area contributed by atoms with Crippen molar-refractivity contribution < 1.29 is 13.2 Å². The Morgan fingerprint density at radius 3 is 2.24 bits per heavy atom. The van der Waals surface area contributed by atoms with Crippen LogP contribution < -0.4 is 14.5 Å². The van der Waals surface area contributed by atoms with Crippen molar-refractivity contribution in [2.75, 3.05) is 28.4 Å². The first-order chi connectivity index (χ1) is 12.0. The lowest BCUT2D eigenvalue weighted by Crippen LogP contribution is -2.37. The first-order valence-corrected chi connectivity index (χ1v) is 10.3. The van der Waals surface area contributed by atoms with Crippen LogP contribution in [0.25, 0.3) is 0 Å². The lowest BCUT2D eigenvalue weighted by molar-refractivity contribution is 0.415. The maximum atomic E-state index is 12.3. The molecule has 5 nitrogen and oxygen atoms in total. The molecule has 2 aromatic carbocycles. The third-order valence-corrected chi connectivity index (χ3v) is 6.84. The summed E-state index contributed by atoms with van der Waals surface area (Å²) in [6.45, 7) is 0. The SMILES string of the molecule is COc1ccccc1N1C(=S)N(c2ccccc2)C2CS(=O)(=O)CC21. The van der Waals surface area contributed by atoms with Gasteiger partial charge in [0.15, 0.2) is 14.9 Å². The molecule has 0 N–H and O–H groups in total. The zero-order valence-corrected chi connectivity index (χ0v) is 15.3. The maximum absolute atomic E-state index is 12.3. The molecule has 0 aliphatic carbocycles. The average Bonchev–Trinajstić information content (AvgIpc) is 3.04. The van der Waals surface area contributed by atoms with Crippen LogP contribution >= 0.6 is 12.2 Å². The van der Waals surface area contributed by atoms with Crippen LogP contribution in [-0.2, 0) is 9.84 Å². The molecule has 7 heteroatoms. The Hall–Kier alpha value is -2.12. The fraction of sp³-hybridized carbons (Fsp3) is 0.278. The van der Waals surface area contributed by atoms with E-state index in [4.69, 9.17) is 17.0 Å². The summed E-state index contributed by atoms with van der Waals surface area (Å²) in [7, 11) is -1.51. The van der Waals surface area contributed by atoms with Crippen molar-refractivity contribution in [2.24, 2.45) is 0 Å². The molecule has 4 rings (SSSR count). The molecule has 2 fully saturated rings. The highest BCUT2D eigenvalue weighted by Crippen LogP contribution is 2.41. The van der Waals surface area contributed by atoms with Crippen molar-refractivity contribution in [2.45, 2.75) is 12.1 Å². The quantitative estimate of drug-likeness (QED) is 0.770. The summed E-state index contributed by atoms with van der Waals surface area (Å²) in [6.07, 6.45) is 0. The van der Waals surface area contributed by atoms with Crippen LogP contribution in [-0.4, -0.2) is 44.2 Å². The summed E-state index contributed by atoms with van der Waals surface area (Å²) in [5, 5.41) is 0.612. The van der Waals surface area contributed by atoms with Gasteiger partial charge < -0.3 is 14.5 Å². The van der Waals surface area contributed by atoms with Crippen molar-refractivity contribution in [1.82, 2.24) is 0 Å². The molecule has 0 amide bonds. The Labute approximate surface area is 152 Å². The summed E-state index contributed by atoms with van der Waals surface area (Å²) >= 11 is 5.76. The molecule has 2 unspecified atom stereocenters. The molecule has 2 atom stereocenters. The summed E-state index contributed by atoms with van der Waals surface area (Å²) in [4.78, 5) is 3.91. The minimum atomic E-state index is -3.11. The van der Waals surface area contributed by atoms with E-state index in [0.29, 0.717) is 10.9 Å². The number of sulfone groups is 1. The molecule has 0 spiro atoms. The molecule has 2 aliphatic heterocycles. The van der Waals surface area contributed by atoms with E-state index < -0.39 is 9.84 Å². The monoisotopic (exact) mass is 374 g/mol. The molecular formula is C18H18N2O3S2. The first-order valence-electron chi connectivity index (χ1n) is 8.03. The minimum Gasteiger partial charge on any atom is -0.495 e. The molecule has 2 aliphatic rings. The smallest absolute Gasteiger partial charge is 0.181 e. The Morgan fingerprint density at radius 1 is 0.960 bits per heavy atom. The second-order valence-electron chi connectivity index (χ2n) is 6.24. The van der Waals surface area contributed by atoms with Gasteiger partial charge in [-0.15, -0.1) is 0 Å². The van der Waals surface area contributed by atoms with Gasteiger partial charge in [0.05, 0.1) is 36.4 Å². The van der Waals surface area contributed by atoms with Gasteiger partial charge in [0.2, 0.25) is 0 Å². The largest absolute Gasteiger partial charge is 0.495 e. The van der Waals surface area contributed by atoms with Gasteiger partial charge in [0.25, 0.3) is 0 Å². The number of fused-ring (bicyclic) bond motifs is 1. The van der Waals surface area contributed by atoms with Gasteiger partial charge in [-0.3, -0.25) is 0 Å². The second kappa shape index (κ2) is 6.00. The van der Waals surface area contributed by atoms with E-state index in [1.54, 1.807) is 7.11 Å². The first kappa shape index (κ1) is 16.4. The van der Waals surface area contributed by atoms with Crippen LogP contribution in [0.1, 0.15) is 0 Å². The van der Waals surface area contributed by atoms with Crippen LogP contribution in [0.2, 0.25) is 0 Å². The molecule has 0 aromatic heterocycles. The highest BCUT2D eigenvalue weighted by molar-refractivity contribution is 7.91. The highest BCUT2D eigenvalue weighted by atomic mass is 32.2. The molecule has 25 heavy (non-hydrogen) atoms. The molecular weight excluding hydrogens is 356 g/mol. The average molecular weight is 374 g/mol. The molecule has 0 saturated carbocycles. The zero-order valence-electron chi connectivity index (χ0n) is 13.7. The number of thiocarbonyl (C=S) groups is 1. The van der Waals surface area contributed by atoms with E-state index in [1.165, 1.54) is 0 Å². The molecule has 0 radical (unpaired) electrons. The summed E-state index contributed by atoms with van der Waals surface area (Å²) in [5.41, 5.74) is 1.72. The van der Waals surface area contributed by atoms with E-state index in [-0.39, 0.29) is 23.6 Å². The van der Waals surface area contributed by atoms with Gasteiger partial charge >= 0.3 is 0 Å². The third-order valence-electron chi connectivity index (χ3n) is 4.75. The number of methoxy groups -OCH3 is 1. The van der Waals surface area contributed by atoms with Crippen LogP contribution in [0.3, 0.4) is 0 Å². The third kappa shape index (κ3) is 2.67. The Bertz CT molecular complexity index is 915. The van der Waals surface area contributed by atoms with Gasteiger partial charge in [-0.25, -0.2) is 8.42 Å². The molecule has 2 saturated heterocycles. The van der Waals surface area contributed by atoms with Crippen molar-refractivity contribution in [1.29, 1.82) is 0 Å². The van der Waals surface area contributed by atoms with Gasteiger partial charge in [0, 0.05) is 5.69 Å². The summed E-state index contributed by atoms with van der Waals surface area (Å²) in [5.74, 6) is 0.889. The minimum absolute atomic E-state index is 0.0964. The fourth-order valence-corrected chi connectivity index (χ4v) is 6.10. The van der Waals surface area contributed by atoms with Crippen molar-refractivity contribution in [3.8, 4) is 5.75 Å². The predicted octanol–water partition coefficient (Wildman–Crippen LogP) is 2.47. The van der Waals surface area contributed by atoms with Gasteiger partial charge in [-0.1, -0.05) is 30.3 Å². The molecule has 2 heterocycles. The summed E-state index contributed by atoms with van der Waals surface area (Å²) in [6, 6.07) is 16.9. The van der Waals surface area contributed by atoms with Crippen molar-refractivity contribution >= 4 is 38.5 Å². The van der Waals surface area contributed by atoms with Crippen LogP contribution in [0.15, 0.2) is 54.6 Å². The summed E-state index contributed by atoms with van der Waals surface area (Å²) < 4.78 is 30.1. The van der Waals surface area contributed by atoms with E-state index in [0.717, 1.165) is 11.4 Å². The normalized spacial score (nSPS) is 24.4. The van der Waals surface area contributed by atoms with E-state index in [2.05, 4.69) is 0 Å². The number of anilines is 2. The Morgan fingerprint density at radius 2 is 1.56 bits per heavy atom. The lowest BCUT2D eigenvalue weighted by atomic mass is 10.1. The molecule has 0 bridgehead atoms. The molecule has 130 valence electrons. The fourth-order valence-electron chi connectivity index (χ4n) is 3.70. The van der Waals surface area contributed by atoms with Gasteiger partial charge in [-0.2, -0.15) is 0 Å². The van der Waals surface area contributed by atoms with Crippen LogP contribution in [0, 0.1) is 0 Å². The van der Waals surface area contributed by atoms with Crippen molar-refractivity contribution in [3.05, 3.63) is 54.6 Å². The molecule has 2 aromatic rings. The van der Waals surface area contributed by atoms with Crippen molar-refractivity contribution in [3.63, 3.8) is 0 Å². The maximum Gasteiger partial charge on any atom is 0.181 e. The number of hydrogen-bond acceptors (Lipinski definition) is 4. The second-order valence-corrected chi connectivity index (χ2v) is 8.76. The predicted molar refractivity (Wildman–Crippen MR) is 103 cm³/mol. The zero-order chi connectivity index (χ0) is 17.6. The number of benzene rings is 2. The number of hydrogen-bond donors (Lipinski definition) is 0. The number of para-hydroxylation sites is 3. The number of nitrogens with zero attached hydrogens (tertiary/aromatic N) is 2. The standard InChI is InChI=1S/C18H18N2O3S2/c1-23-17-10-6-5-9-14(17)20-16-12-25(21,22)11-15(16)19(18(20)24)13-7-3-2-4-8-13/h2-10,15-16H,11-12H2,1H3. The highest BCUT2D eigenvalue weighted by Gasteiger charge is 2.53. The number of rotatable bonds is 3. The van der Waals surface area contributed by atoms with E-state index in [9.17, 15) is 8.42 Å². The number of ether oxygens (including phenoxy) is 1. The van der Waals surface area contributed by atoms with Gasteiger partial charge in [0.1, 0.15) is 5.75 Å². The van der Waals surface area contributed by atoms with Crippen LogP contribution in [0.4, 0.5) is 11.4 Å². The van der Waals surface area contributed by atoms with E-state index in [1.807, 2.05) is 64.4 Å². The van der Waals surface area contributed by atoms with Crippen LogP contribution in [0.5, 0.6) is 5.75 Å². The van der Waals surface area contributed by atoms with Gasteiger partial charge in [-0.05, 0) is 36.5 Å². The van der Waals surface area contributed by atoms with E-state index >= 15 is 0 Å². The Kier molecular flexibility index (Phi) is 3.92. The lowest BCUT2D eigenvalue weighted by Gasteiger charge is -2.26. The Balaban J connectivity index is 1.84.